The van der Waals surface area contributed by atoms with Gasteiger partial charge in [-0.3, -0.25) is 9.69 Å². The molecule has 8 nitrogen and oxygen atoms in total. The smallest absolute Gasteiger partial charge is 0.325 e. The van der Waals surface area contributed by atoms with E-state index < -0.39 is 0 Å². The maximum atomic E-state index is 12.6. The number of anilines is 1. The number of para-hydroxylation sites is 1. The second kappa shape index (κ2) is 9.47. The lowest BCUT2D eigenvalue weighted by Gasteiger charge is -2.29. The zero-order valence-electron chi connectivity index (χ0n) is 17.2. The molecule has 160 valence electrons. The summed E-state index contributed by atoms with van der Waals surface area (Å²) in [6.45, 7) is 1.20. The molecule has 0 radical (unpaired) electrons. The lowest BCUT2D eigenvalue weighted by atomic mass is 9.93. The van der Waals surface area contributed by atoms with Crippen LogP contribution in [0, 0.1) is 11.3 Å². The molecule has 1 aromatic heterocycles. The van der Waals surface area contributed by atoms with Crippen LogP contribution < -0.4 is 15.0 Å². The van der Waals surface area contributed by atoms with Crippen LogP contribution >= 0.6 is 0 Å². The molecule has 0 atom stereocenters. The minimum atomic E-state index is -0.131. The van der Waals surface area contributed by atoms with E-state index in [9.17, 15) is 9.59 Å². The molecule has 0 spiro atoms. The number of nitrogens with one attached hydrogen (secondary N) is 1. The Morgan fingerprint density at radius 2 is 1.90 bits per heavy atom. The molecule has 1 aliphatic carbocycles. The Morgan fingerprint density at radius 1 is 1.13 bits per heavy atom. The molecule has 2 fully saturated rings. The van der Waals surface area contributed by atoms with Crippen molar-refractivity contribution < 1.29 is 14.3 Å². The Kier molecular flexibility index (Phi) is 6.32. The van der Waals surface area contributed by atoms with E-state index in [-0.39, 0.29) is 30.6 Å². The predicted octanol–water partition coefficient (Wildman–Crippen LogP) is 2.70. The van der Waals surface area contributed by atoms with E-state index in [0.717, 1.165) is 31.4 Å². The van der Waals surface area contributed by atoms with Crippen LogP contribution in [0.5, 0.6) is 5.88 Å². The summed E-state index contributed by atoms with van der Waals surface area (Å²) in [4.78, 5) is 32.6. The SMILES string of the molecule is N#Cc1ccc(OC2CCC(NC(=O)CN3CCN(c4ccccc4)C3=O)CC2)nc1. The summed E-state index contributed by atoms with van der Waals surface area (Å²) in [6, 6.07) is 14.9. The fraction of sp³-hybridized carbons (Fsp3) is 0.391. The second-order valence-electron chi connectivity index (χ2n) is 7.85. The average molecular weight is 419 g/mol. The molecule has 0 bridgehead atoms. The third-order valence-corrected chi connectivity index (χ3v) is 5.69. The van der Waals surface area contributed by atoms with Gasteiger partial charge in [0.2, 0.25) is 11.8 Å². The van der Waals surface area contributed by atoms with Gasteiger partial charge >= 0.3 is 6.03 Å². The molecular weight excluding hydrogens is 394 g/mol. The number of hydrogen-bond donors (Lipinski definition) is 1. The van der Waals surface area contributed by atoms with Crippen LogP contribution in [0.2, 0.25) is 0 Å². The predicted molar refractivity (Wildman–Crippen MR) is 115 cm³/mol. The largest absolute Gasteiger partial charge is 0.474 e. The van der Waals surface area contributed by atoms with Gasteiger partial charge in [-0.1, -0.05) is 18.2 Å². The van der Waals surface area contributed by atoms with Crippen molar-refractivity contribution in [1.82, 2.24) is 15.2 Å². The molecule has 8 heteroatoms. The Labute approximate surface area is 181 Å². The van der Waals surface area contributed by atoms with Gasteiger partial charge in [-0.25, -0.2) is 9.78 Å². The van der Waals surface area contributed by atoms with E-state index in [1.165, 1.54) is 6.20 Å². The van der Waals surface area contributed by atoms with E-state index in [2.05, 4.69) is 10.3 Å². The highest BCUT2D eigenvalue weighted by Crippen LogP contribution is 2.23. The molecule has 2 aromatic rings. The van der Waals surface area contributed by atoms with Gasteiger partial charge in [-0.15, -0.1) is 0 Å². The van der Waals surface area contributed by atoms with Gasteiger partial charge in [-0.2, -0.15) is 5.26 Å². The van der Waals surface area contributed by atoms with Crippen molar-refractivity contribution in [3.63, 3.8) is 0 Å². The number of ether oxygens (including phenoxy) is 1. The van der Waals surface area contributed by atoms with Crippen LogP contribution in [0.1, 0.15) is 31.2 Å². The summed E-state index contributed by atoms with van der Waals surface area (Å²) in [5, 5.41) is 11.9. The summed E-state index contributed by atoms with van der Waals surface area (Å²) in [7, 11) is 0. The number of rotatable bonds is 6. The number of nitrogens with zero attached hydrogens (tertiary/aromatic N) is 4. The van der Waals surface area contributed by atoms with Crippen molar-refractivity contribution in [2.24, 2.45) is 0 Å². The molecule has 2 heterocycles. The normalized spacial score (nSPS) is 20.9. The first kappa shape index (κ1) is 20.7. The molecule has 1 aromatic carbocycles. The van der Waals surface area contributed by atoms with Crippen molar-refractivity contribution in [3.8, 4) is 11.9 Å². The van der Waals surface area contributed by atoms with E-state index >= 15 is 0 Å². The van der Waals surface area contributed by atoms with E-state index in [0.29, 0.717) is 24.5 Å². The van der Waals surface area contributed by atoms with Crippen molar-refractivity contribution in [3.05, 3.63) is 54.2 Å². The Balaban J connectivity index is 1.20. The number of benzene rings is 1. The van der Waals surface area contributed by atoms with Crippen molar-refractivity contribution in [1.29, 1.82) is 5.26 Å². The monoisotopic (exact) mass is 419 g/mol. The lowest BCUT2D eigenvalue weighted by molar-refractivity contribution is -0.122. The first-order valence-electron chi connectivity index (χ1n) is 10.6. The number of carbonyl (C=O) groups excluding carboxylic acids is 2. The van der Waals surface area contributed by atoms with Gasteiger partial charge in [0, 0.05) is 37.1 Å². The number of aromatic nitrogens is 1. The van der Waals surface area contributed by atoms with Gasteiger partial charge in [0.1, 0.15) is 18.7 Å². The standard InChI is InChI=1S/C23H25N5O3/c24-14-17-6-11-22(25-15-17)31-20-9-7-18(8-10-20)26-21(29)16-27-12-13-28(23(27)30)19-4-2-1-3-5-19/h1-6,11,15,18,20H,7-10,12-13,16H2,(H,26,29). The van der Waals surface area contributed by atoms with Gasteiger partial charge in [0.25, 0.3) is 0 Å². The van der Waals surface area contributed by atoms with Crippen molar-refractivity contribution >= 4 is 17.6 Å². The molecule has 1 N–H and O–H groups in total. The third-order valence-electron chi connectivity index (χ3n) is 5.69. The summed E-state index contributed by atoms with van der Waals surface area (Å²) in [6.07, 6.45) is 4.81. The molecule has 0 unspecified atom stereocenters. The Morgan fingerprint density at radius 3 is 2.58 bits per heavy atom. The topological polar surface area (TPSA) is 98.6 Å². The molecule has 4 rings (SSSR count). The maximum Gasteiger partial charge on any atom is 0.325 e. The zero-order valence-corrected chi connectivity index (χ0v) is 17.2. The number of nitriles is 1. The van der Waals surface area contributed by atoms with Crippen molar-refractivity contribution in [2.45, 2.75) is 37.8 Å². The van der Waals surface area contributed by atoms with E-state index in [4.69, 9.17) is 10.00 Å². The maximum absolute atomic E-state index is 12.6. The van der Waals surface area contributed by atoms with Crippen LogP contribution in [0.15, 0.2) is 48.7 Å². The number of urea groups is 1. The summed E-state index contributed by atoms with van der Waals surface area (Å²) >= 11 is 0. The van der Waals surface area contributed by atoms with Gasteiger partial charge in [-0.05, 0) is 43.9 Å². The molecule has 3 amide bonds. The lowest BCUT2D eigenvalue weighted by Crippen LogP contribution is -2.45. The highest BCUT2D eigenvalue weighted by atomic mass is 16.5. The van der Waals surface area contributed by atoms with Crippen LogP contribution in [0.25, 0.3) is 0 Å². The first-order valence-corrected chi connectivity index (χ1v) is 10.6. The number of carbonyl (C=O) groups is 2. The van der Waals surface area contributed by atoms with Crippen LogP contribution in [-0.4, -0.2) is 53.6 Å². The molecule has 2 aliphatic rings. The first-order chi connectivity index (χ1) is 15.1. The highest BCUT2D eigenvalue weighted by molar-refractivity contribution is 5.96. The van der Waals surface area contributed by atoms with Crippen LogP contribution in [0.4, 0.5) is 10.5 Å². The quantitative estimate of drug-likeness (QED) is 0.776. The zero-order chi connectivity index (χ0) is 21.6. The fourth-order valence-electron chi connectivity index (χ4n) is 4.04. The third kappa shape index (κ3) is 5.12. The van der Waals surface area contributed by atoms with E-state index in [1.807, 2.05) is 36.4 Å². The minimum absolute atomic E-state index is 0.0492. The van der Waals surface area contributed by atoms with Gasteiger partial charge in [0.05, 0.1) is 5.56 Å². The van der Waals surface area contributed by atoms with Crippen molar-refractivity contribution in [2.75, 3.05) is 24.5 Å². The molecule has 31 heavy (non-hydrogen) atoms. The highest BCUT2D eigenvalue weighted by Gasteiger charge is 2.31. The molecule has 1 aliphatic heterocycles. The fourth-order valence-corrected chi connectivity index (χ4v) is 4.04. The number of pyridine rings is 1. The summed E-state index contributed by atoms with van der Waals surface area (Å²) in [5.41, 5.74) is 1.35. The molecule has 1 saturated heterocycles. The molecule has 1 saturated carbocycles. The van der Waals surface area contributed by atoms with Crippen LogP contribution in [-0.2, 0) is 4.79 Å². The van der Waals surface area contributed by atoms with Gasteiger partial charge in [0.15, 0.2) is 0 Å². The minimum Gasteiger partial charge on any atom is -0.474 e. The molecular formula is C23H25N5O3. The second-order valence-corrected chi connectivity index (χ2v) is 7.85. The van der Waals surface area contributed by atoms with Gasteiger partial charge < -0.3 is 15.0 Å². The van der Waals surface area contributed by atoms with E-state index in [1.54, 1.807) is 21.9 Å². The Bertz CT molecular complexity index is 949. The van der Waals surface area contributed by atoms with Crippen LogP contribution in [0.3, 0.4) is 0 Å². The number of hydrogen-bond acceptors (Lipinski definition) is 5. The average Bonchev–Trinajstić information content (AvgIpc) is 3.16. The number of amides is 3. The summed E-state index contributed by atoms with van der Waals surface area (Å²) in [5.74, 6) is 0.392. The summed E-state index contributed by atoms with van der Waals surface area (Å²) < 4.78 is 5.89. The Hall–Kier alpha value is -3.60.